The fourth-order valence-corrected chi connectivity index (χ4v) is 0.847. The fraction of sp³-hybridized carbons (Fsp3) is 0.375. The van der Waals surface area contributed by atoms with Gasteiger partial charge in [-0.3, -0.25) is 4.79 Å². The van der Waals surface area contributed by atoms with Crippen LogP contribution in [0.25, 0.3) is 0 Å². The standard InChI is InChI=1S/C8H11NO/c1-6(2)5-7-3-4-8(10)9-7/h3-6H,1-2H3,(H,9,10). The number of carbonyl (C=O) groups excluding carboxylic acids is 1. The first kappa shape index (κ1) is 7.06. The Morgan fingerprint density at radius 3 is 2.60 bits per heavy atom. The van der Waals surface area contributed by atoms with Gasteiger partial charge in [-0.1, -0.05) is 19.9 Å². The molecule has 1 aliphatic heterocycles. The van der Waals surface area contributed by atoms with Crippen molar-refractivity contribution >= 4 is 5.91 Å². The number of allylic oxidation sites excluding steroid dienone is 2. The number of hydrogen-bond donors (Lipinski definition) is 1. The average molecular weight is 137 g/mol. The Morgan fingerprint density at radius 1 is 1.50 bits per heavy atom. The van der Waals surface area contributed by atoms with E-state index in [1.54, 1.807) is 6.08 Å². The van der Waals surface area contributed by atoms with E-state index in [4.69, 9.17) is 0 Å². The summed E-state index contributed by atoms with van der Waals surface area (Å²) in [6.07, 6.45) is 5.35. The highest BCUT2D eigenvalue weighted by atomic mass is 16.1. The summed E-state index contributed by atoms with van der Waals surface area (Å²) in [4.78, 5) is 10.6. The third-order valence-electron chi connectivity index (χ3n) is 1.19. The molecule has 0 bridgehead atoms. The van der Waals surface area contributed by atoms with Crippen LogP contribution in [0.15, 0.2) is 23.9 Å². The van der Waals surface area contributed by atoms with Gasteiger partial charge in [0.25, 0.3) is 0 Å². The molecule has 0 aliphatic carbocycles. The third-order valence-corrected chi connectivity index (χ3v) is 1.19. The maximum absolute atomic E-state index is 10.6. The van der Waals surface area contributed by atoms with Crippen molar-refractivity contribution in [1.82, 2.24) is 5.32 Å². The van der Waals surface area contributed by atoms with Crippen molar-refractivity contribution in [2.45, 2.75) is 13.8 Å². The molecule has 0 atom stereocenters. The van der Waals surface area contributed by atoms with Gasteiger partial charge in [0.15, 0.2) is 0 Å². The summed E-state index contributed by atoms with van der Waals surface area (Å²) in [5.74, 6) is 0.463. The molecule has 0 aromatic rings. The van der Waals surface area contributed by atoms with E-state index in [0.717, 1.165) is 5.70 Å². The molecule has 1 amide bonds. The van der Waals surface area contributed by atoms with Crippen LogP contribution in [0.1, 0.15) is 13.8 Å². The van der Waals surface area contributed by atoms with Crippen molar-refractivity contribution in [3.63, 3.8) is 0 Å². The molecule has 0 saturated carbocycles. The zero-order valence-corrected chi connectivity index (χ0v) is 6.22. The third kappa shape index (κ3) is 1.72. The lowest BCUT2D eigenvalue weighted by atomic mass is 10.2. The number of carbonyl (C=O) groups is 1. The van der Waals surface area contributed by atoms with Gasteiger partial charge in [-0.05, 0) is 12.0 Å². The molecular formula is C8H11NO. The van der Waals surface area contributed by atoms with Crippen LogP contribution in [-0.2, 0) is 4.79 Å². The van der Waals surface area contributed by atoms with E-state index < -0.39 is 0 Å². The van der Waals surface area contributed by atoms with Crippen molar-refractivity contribution in [3.8, 4) is 0 Å². The first-order chi connectivity index (χ1) is 4.68. The van der Waals surface area contributed by atoms with Crippen molar-refractivity contribution in [1.29, 1.82) is 0 Å². The van der Waals surface area contributed by atoms with E-state index in [-0.39, 0.29) is 5.91 Å². The average Bonchev–Trinajstić information content (AvgIpc) is 2.13. The molecule has 2 heteroatoms. The SMILES string of the molecule is CC(C)C=C1C=CC(=O)N1. The van der Waals surface area contributed by atoms with Gasteiger partial charge in [0.1, 0.15) is 0 Å². The number of hydrogen-bond acceptors (Lipinski definition) is 1. The molecule has 0 spiro atoms. The van der Waals surface area contributed by atoms with Crippen molar-refractivity contribution in [3.05, 3.63) is 23.9 Å². The van der Waals surface area contributed by atoms with Crippen LogP contribution in [0, 0.1) is 5.92 Å². The molecule has 1 rings (SSSR count). The van der Waals surface area contributed by atoms with Crippen molar-refractivity contribution in [2.24, 2.45) is 5.92 Å². The first-order valence-electron chi connectivity index (χ1n) is 3.39. The summed E-state index contributed by atoms with van der Waals surface area (Å²) in [5, 5.41) is 2.70. The number of rotatable bonds is 1. The normalized spacial score (nSPS) is 20.7. The molecule has 0 radical (unpaired) electrons. The van der Waals surface area contributed by atoms with E-state index >= 15 is 0 Å². The highest BCUT2D eigenvalue weighted by Gasteiger charge is 2.05. The van der Waals surface area contributed by atoms with E-state index in [0.29, 0.717) is 5.92 Å². The lowest BCUT2D eigenvalue weighted by Crippen LogP contribution is -2.13. The second-order valence-corrected chi connectivity index (χ2v) is 2.69. The topological polar surface area (TPSA) is 29.1 Å². The van der Waals surface area contributed by atoms with Crippen LogP contribution in [0.3, 0.4) is 0 Å². The summed E-state index contributed by atoms with van der Waals surface area (Å²) < 4.78 is 0. The van der Waals surface area contributed by atoms with Crippen LogP contribution in [0.4, 0.5) is 0 Å². The minimum absolute atomic E-state index is 0.0214. The van der Waals surface area contributed by atoms with E-state index in [2.05, 4.69) is 19.2 Å². The van der Waals surface area contributed by atoms with Crippen molar-refractivity contribution < 1.29 is 4.79 Å². The van der Waals surface area contributed by atoms with Gasteiger partial charge in [-0.25, -0.2) is 0 Å². The molecule has 0 aromatic carbocycles. The van der Waals surface area contributed by atoms with E-state index in [9.17, 15) is 4.79 Å². The highest BCUT2D eigenvalue weighted by molar-refractivity contribution is 5.92. The molecule has 0 unspecified atom stereocenters. The molecule has 1 N–H and O–H groups in total. The Hall–Kier alpha value is -1.05. The zero-order chi connectivity index (χ0) is 7.56. The molecule has 0 saturated heterocycles. The maximum atomic E-state index is 10.6. The lowest BCUT2D eigenvalue weighted by Gasteiger charge is -1.98. The number of nitrogens with one attached hydrogen (secondary N) is 1. The van der Waals surface area contributed by atoms with Gasteiger partial charge < -0.3 is 5.32 Å². The van der Waals surface area contributed by atoms with E-state index in [1.807, 2.05) is 6.08 Å². The predicted octanol–water partition coefficient (Wildman–Crippen LogP) is 1.21. The molecule has 1 heterocycles. The van der Waals surface area contributed by atoms with Gasteiger partial charge >= 0.3 is 0 Å². The van der Waals surface area contributed by atoms with Crippen LogP contribution >= 0.6 is 0 Å². The van der Waals surface area contributed by atoms with Gasteiger partial charge in [0.2, 0.25) is 5.91 Å². The highest BCUT2D eigenvalue weighted by Crippen LogP contribution is 2.04. The monoisotopic (exact) mass is 137 g/mol. The molecule has 2 nitrogen and oxygen atoms in total. The Labute approximate surface area is 60.6 Å². The van der Waals surface area contributed by atoms with Gasteiger partial charge in [-0.2, -0.15) is 0 Å². The largest absolute Gasteiger partial charge is 0.323 e. The predicted molar refractivity (Wildman–Crippen MR) is 40.2 cm³/mol. The van der Waals surface area contributed by atoms with Gasteiger partial charge in [0.05, 0.1) is 0 Å². The summed E-state index contributed by atoms with van der Waals surface area (Å²) in [6, 6.07) is 0. The molecular weight excluding hydrogens is 126 g/mol. The Morgan fingerprint density at radius 2 is 2.20 bits per heavy atom. The fourth-order valence-electron chi connectivity index (χ4n) is 0.847. The van der Waals surface area contributed by atoms with Crippen LogP contribution in [-0.4, -0.2) is 5.91 Å². The van der Waals surface area contributed by atoms with Crippen LogP contribution in [0.5, 0.6) is 0 Å². The minimum Gasteiger partial charge on any atom is -0.323 e. The Bertz CT molecular complexity index is 201. The second kappa shape index (κ2) is 2.69. The first-order valence-corrected chi connectivity index (χ1v) is 3.39. The van der Waals surface area contributed by atoms with Gasteiger partial charge in [0, 0.05) is 11.8 Å². The summed E-state index contributed by atoms with van der Waals surface area (Å²) in [5.41, 5.74) is 0.917. The molecule has 0 fully saturated rings. The van der Waals surface area contributed by atoms with Gasteiger partial charge in [-0.15, -0.1) is 0 Å². The molecule has 0 aromatic heterocycles. The second-order valence-electron chi connectivity index (χ2n) is 2.69. The number of amides is 1. The summed E-state index contributed by atoms with van der Waals surface area (Å²) >= 11 is 0. The molecule has 1 aliphatic rings. The zero-order valence-electron chi connectivity index (χ0n) is 6.22. The lowest BCUT2D eigenvalue weighted by molar-refractivity contribution is -0.115. The summed E-state index contributed by atoms with van der Waals surface area (Å²) in [6.45, 7) is 4.15. The van der Waals surface area contributed by atoms with Crippen molar-refractivity contribution in [2.75, 3.05) is 0 Å². The summed E-state index contributed by atoms with van der Waals surface area (Å²) in [7, 11) is 0. The van der Waals surface area contributed by atoms with Crippen LogP contribution in [0.2, 0.25) is 0 Å². The Kier molecular flexibility index (Phi) is 1.90. The smallest absolute Gasteiger partial charge is 0.248 e. The minimum atomic E-state index is -0.0214. The quantitative estimate of drug-likeness (QED) is 0.578. The Balaban J connectivity index is 2.62. The molecule has 54 valence electrons. The molecule has 10 heavy (non-hydrogen) atoms. The van der Waals surface area contributed by atoms with E-state index in [1.165, 1.54) is 6.08 Å². The van der Waals surface area contributed by atoms with Crippen LogP contribution < -0.4 is 5.32 Å². The maximum Gasteiger partial charge on any atom is 0.248 e.